The van der Waals surface area contributed by atoms with Crippen molar-refractivity contribution in [1.29, 1.82) is 10.5 Å². The minimum Gasteiger partial charge on any atom is -0.463 e. The van der Waals surface area contributed by atoms with Crippen LogP contribution in [-0.2, 0) is 13.1 Å². The summed E-state index contributed by atoms with van der Waals surface area (Å²) in [6.45, 7) is 9.11. The number of nitriles is 2. The van der Waals surface area contributed by atoms with Crippen molar-refractivity contribution >= 4 is 5.84 Å². The number of furan rings is 1. The first-order valence-corrected chi connectivity index (χ1v) is 9.78. The summed E-state index contributed by atoms with van der Waals surface area (Å²) in [7, 11) is 0. The van der Waals surface area contributed by atoms with E-state index < -0.39 is 5.92 Å². The summed E-state index contributed by atoms with van der Waals surface area (Å²) in [4.78, 5) is 8.80. The van der Waals surface area contributed by atoms with Crippen molar-refractivity contribution in [3.8, 4) is 12.1 Å². The third kappa shape index (κ3) is 5.32. The Hall–Kier alpha value is -2.35. The van der Waals surface area contributed by atoms with Crippen molar-refractivity contribution in [2.45, 2.75) is 32.9 Å². The topological polar surface area (TPSA) is 91.6 Å². The van der Waals surface area contributed by atoms with E-state index in [9.17, 15) is 0 Å². The van der Waals surface area contributed by atoms with E-state index in [0.717, 1.165) is 56.7 Å². The summed E-state index contributed by atoms with van der Waals surface area (Å²) in [6.07, 6.45) is 2.60. The van der Waals surface area contributed by atoms with Gasteiger partial charge in [-0.15, -0.1) is 0 Å². The highest BCUT2D eigenvalue weighted by atomic mass is 16.3. The molecule has 1 aromatic rings. The second-order valence-corrected chi connectivity index (χ2v) is 7.45. The fraction of sp³-hybridized carbons (Fsp3) is 0.650. The van der Waals surface area contributed by atoms with Crippen LogP contribution in [0.3, 0.4) is 0 Å². The number of likely N-dealkylation sites (tertiary alicyclic amines) is 1. The average Bonchev–Trinajstić information content (AvgIpc) is 3.30. The van der Waals surface area contributed by atoms with Crippen LogP contribution in [0.15, 0.2) is 21.5 Å². The number of hydrogen-bond donors (Lipinski definition) is 1. The second kappa shape index (κ2) is 9.55. The molecule has 1 unspecified atom stereocenters. The lowest BCUT2D eigenvalue weighted by Gasteiger charge is -2.29. The van der Waals surface area contributed by atoms with Gasteiger partial charge in [0, 0.05) is 26.2 Å². The standard InChI is InChI=1S/C20H28N6O/c1-16-3-2-8-25(14-16)15-19-5-4-18(27-19)13-23-6-9-26-10-7-24-20(26)17(11-21)12-22/h4-5,16-17,23H,2-3,6-10,13-15H2,1H3. The smallest absolute Gasteiger partial charge is 0.189 e. The Morgan fingerprint density at radius 1 is 1.30 bits per heavy atom. The molecule has 1 aromatic heterocycles. The summed E-state index contributed by atoms with van der Waals surface area (Å²) in [5, 5.41) is 21.5. The molecule has 0 aromatic carbocycles. The number of piperidine rings is 1. The molecule has 2 aliphatic rings. The van der Waals surface area contributed by atoms with Crippen molar-refractivity contribution in [2.75, 3.05) is 39.3 Å². The lowest BCUT2D eigenvalue weighted by atomic mass is 10.0. The molecule has 3 rings (SSSR count). The van der Waals surface area contributed by atoms with E-state index in [4.69, 9.17) is 14.9 Å². The third-order valence-corrected chi connectivity index (χ3v) is 5.18. The summed E-state index contributed by atoms with van der Waals surface area (Å²) >= 11 is 0. The van der Waals surface area contributed by atoms with E-state index in [-0.39, 0.29) is 0 Å². The Balaban J connectivity index is 1.39. The number of aliphatic imine (C=N–C) groups is 1. The molecule has 2 aliphatic heterocycles. The monoisotopic (exact) mass is 368 g/mol. The Labute approximate surface area is 161 Å². The van der Waals surface area contributed by atoms with Gasteiger partial charge in [0.15, 0.2) is 5.92 Å². The largest absolute Gasteiger partial charge is 0.463 e. The van der Waals surface area contributed by atoms with Gasteiger partial charge in [0.1, 0.15) is 17.4 Å². The SMILES string of the molecule is CC1CCCN(Cc2ccc(CNCCN3CCN=C3C(C#N)C#N)o2)C1. The highest BCUT2D eigenvalue weighted by molar-refractivity contribution is 5.90. The van der Waals surface area contributed by atoms with Gasteiger partial charge in [-0.1, -0.05) is 6.92 Å². The molecule has 1 atom stereocenters. The van der Waals surface area contributed by atoms with Crippen molar-refractivity contribution in [2.24, 2.45) is 16.8 Å². The van der Waals surface area contributed by atoms with E-state index in [2.05, 4.69) is 28.2 Å². The van der Waals surface area contributed by atoms with Gasteiger partial charge in [-0.05, 0) is 37.4 Å². The van der Waals surface area contributed by atoms with Crippen molar-refractivity contribution in [1.82, 2.24) is 15.1 Å². The van der Waals surface area contributed by atoms with Gasteiger partial charge in [0.25, 0.3) is 0 Å². The van der Waals surface area contributed by atoms with Crippen LogP contribution in [-0.4, -0.2) is 54.9 Å². The fourth-order valence-electron chi connectivity index (χ4n) is 3.82. The molecule has 0 amide bonds. The van der Waals surface area contributed by atoms with Crippen molar-refractivity contribution in [3.63, 3.8) is 0 Å². The maximum Gasteiger partial charge on any atom is 0.189 e. The molecule has 0 radical (unpaired) electrons. The van der Waals surface area contributed by atoms with E-state index in [0.29, 0.717) is 18.9 Å². The van der Waals surface area contributed by atoms with Crippen LogP contribution >= 0.6 is 0 Å². The summed E-state index contributed by atoms with van der Waals surface area (Å²) in [6, 6.07) is 8.13. The molecule has 3 heterocycles. The Bertz CT molecular complexity index is 714. The van der Waals surface area contributed by atoms with Crippen LogP contribution in [0.5, 0.6) is 0 Å². The zero-order valence-corrected chi connectivity index (χ0v) is 16.0. The number of hydrogen-bond acceptors (Lipinski definition) is 7. The van der Waals surface area contributed by atoms with Gasteiger partial charge < -0.3 is 14.6 Å². The van der Waals surface area contributed by atoms with Crippen LogP contribution in [0.1, 0.15) is 31.3 Å². The highest BCUT2D eigenvalue weighted by Gasteiger charge is 2.24. The number of nitrogens with one attached hydrogen (secondary N) is 1. The molecule has 7 nitrogen and oxygen atoms in total. The van der Waals surface area contributed by atoms with Crippen LogP contribution in [0.2, 0.25) is 0 Å². The van der Waals surface area contributed by atoms with E-state index in [1.54, 1.807) is 0 Å². The quantitative estimate of drug-likeness (QED) is 0.706. The zero-order chi connectivity index (χ0) is 19.1. The first-order chi connectivity index (χ1) is 13.2. The van der Waals surface area contributed by atoms with Gasteiger partial charge in [0.2, 0.25) is 0 Å². The molecule has 0 saturated carbocycles. The van der Waals surface area contributed by atoms with Gasteiger partial charge in [-0.3, -0.25) is 9.89 Å². The first kappa shape index (κ1) is 19.4. The molecular formula is C20H28N6O. The Kier molecular flexibility index (Phi) is 6.86. The molecule has 0 aliphatic carbocycles. The molecule has 1 N–H and O–H groups in total. The molecule has 144 valence electrons. The predicted octanol–water partition coefficient (Wildman–Crippen LogP) is 1.98. The van der Waals surface area contributed by atoms with Gasteiger partial charge in [0.05, 0.1) is 31.8 Å². The second-order valence-electron chi connectivity index (χ2n) is 7.45. The van der Waals surface area contributed by atoms with Crippen molar-refractivity contribution in [3.05, 3.63) is 23.7 Å². The first-order valence-electron chi connectivity index (χ1n) is 9.78. The molecule has 27 heavy (non-hydrogen) atoms. The Morgan fingerprint density at radius 2 is 2.11 bits per heavy atom. The zero-order valence-electron chi connectivity index (χ0n) is 16.0. The van der Waals surface area contributed by atoms with E-state index >= 15 is 0 Å². The molecule has 7 heteroatoms. The Morgan fingerprint density at radius 3 is 2.89 bits per heavy atom. The lowest BCUT2D eigenvalue weighted by Crippen LogP contribution is -2.37. The van der Waals surface area contributed by atoms with Gasteiger partial charge in [-0.2, -0.15) is 10.5 Å². The third-order valence-electron chi connectivity index (χ3n) is 5.18. The van der Waals surface area contributed by atoms with E-state index in [1.807, 2.05) is 23.1 Å². The molecule has 1 saturated heterocycles. The highest BCUT2D eigenvalue weighted by Crippen LogP contribution is 2.19. The van der Waals surface area contributed by atoms with Crippen LogP contribution in [0.25, 0.3) is 0 Å². The minimum atomic E-state index is -0.766. The lowest BCUT2D eigenvalue weighted by molar-refractivity contribution is 0.164. The normalized spacial score (nSPS) is 20.5. The maximum atomic E-state index is 9.05. The van der Waals surface area contributed by atoms with Crippen LogP contribution in [0.4, 0.5) is 0 Å². The minimum absolute atomic E-state index is 0.609. The maximum absolute atomic E-state index is 9.05. The average molecular weight is 368 g/mol. The number of nitrogens with zero attached hydrogens (tertiary/aromatic N) is 5. The molecular weight excluding hydrogens is 340 g/mol. The number of rotatable bonds is 8. The number of amidine groups is 1. The van der Waals surface area contributed by atoms with Crippen molar-refractivity contribution < 1.29 is 4.42 Å². The van der Waals surface area contributed by atoms with Crippen LogP contribution in [0, 0.1) is 34.5 Å². The summed E-state index contributed by atoms with van der Waals surface area (Å²) < 4.78 is 5.96. The summed E-state index contributed by atoms with van der Waals surface area (Å²) in [5.41, 5.74) is 0. The predicted molar refractivity (Wildman–Crippen MR) is 103 cm³/mol. The molecule has 0 spiro atoms. The van der Waals surface area contributed by atoms with Gasteiger partial charge in [-0.25, -0.2) is 0 Å². The van der Waals surface area contributed by atoms with Crippen LogP contribution < -0.4 is 5.32 Å². The fourth-order valence-corrected chi connectivity index (χ4v) is 3.82. The van der Waals surface area contributed by atoms with E-state index in [1.165, 1.54) is 12.8 Å². The molecule has 0 bridgehead atoms. The van der Waals surface area contributed by atoms with Gasteiger partial charge >= 0.3 is 0 Å². The molecule has 1 fully saturated rings. The summed E-state index contributed by atoms with van der Waals surface area (Å²) in [5.74, 6) is 2.59.